The van der Waals surface area contributed by atoms with E-state index < -0.39 is 0 Å². The standard InChI is InChI=1S/C10H14BrNOS/c1-14-5-4-12-7-8-6-9(11)2-3-10(8)13/h2-3,6,12-13H,4-5,7H2,1H3. The number of phenolic OH excluding ortho intramolecular Hbond substituents is 1. The molecule has 0 unspecified atom stereocenters. The first kappa shape index (κ1) is 11.9. The maximum Gasteiger partial charge on any atom is 0.120 e. The van der Waals surface area contributed by atoms with Gasteiger partial charge in [-0.25, -0.2) is 0 Å². The van der Waals surface area contributed by atoms with E-state index >= 15 is 0 Å². The van der Waals surface area contributed by atoms with Gasteiger partial charge >= 0.3 is 0 Å². The van der Waals surface area contributed by atoms with Crippen LogP contribution in [0.5, 0.6) is 5.75 Å². The number of hydrogen-bond acceptors (Lipinski definition) is 3. The van der Waals surface area contributed by atoms with Gasteiger partial charge in [-0.3, -0.25) is 0 Å². The summed E-state index contributed by atoms with van der Waals surface area (Å²) >= 11 is 5.19. The molecule has 0 aliphatic rings. The lowest BCUT2D eigenvalue weighted by Gasteiger charge is -2.06. The van der Waals surface area contributed by atoms with Crippen LogP contribution in [0.1, 0.15) is 5.56 Å². The molecule has 0 aliphatic carbocycles. The van der Waals surface area contributed by atoms with E-state index in [0.717, 1.165) is 22.3 Å². The van der Waals surface area contributed by atoms with E-state index in [-0.39, 0.29) is 0 Å². The molecule has 0 heterocycles. The maximum atomic E-state index is 9.53. The maximum absolute atomic E-state index is 9.53. The molecule has 78 valence electrons. The Balaban J connectivity index is 2.45. The zero-order valence-corrected chi connectivity index (χ0v) is 10.5. The van der Waals surface area contributed by atoms with Crippen LogP contribution in [0.4, 0.5) is 0 Å². The Bertz CT molecular complexity index is 293. The minimum atomic E-state index is 0.352. The molecule has 0 fully saturated rings. The summed E-state index contributed by atoms with van der Waals surface area (Å²) in [7, 11) is 0. The van der Waals surface area contributed by atoms with Crippen molar-refractivity contribution in [3.63, 3.8) is 0 Å². The molecule has 0 radical (unpaired) electrons. The predicted octanol–water partition coefficient (Wildman–Crippen LogP) is 2.61. The summed E-state index contributed by atoms with van der Waals surface area (Å²) in [6.07, 6.45) is 2.08. The summed E-state index contributed by atoms with van der Waals surface area (Å²) in [5.41, 5.74) is 0.931. The van der Waals surface area contributed by atoms with Crippen molar-refractivity contribution in [1.82, 2.24) is 5.32 Å². The Morgan fingerprint density at radius 1 is 1.50 bits per heavy atom. The first-order valence-electron chi connectivity index (χ1n) is 4.41. The van der Waals surface area contributed by atoms with Gasteiger partial charge in [-0.2, -0.15) is 11.8 Å². The van der Waals surface area contributed by atoms with Crippen molar-refractivity contribution in [2.24, 2.45) is 0 Å². The van der Waals surface area contributed by atoms with Crippen LogP contribution in [0.2, 0.25) is 0 Å². The third-order valence-corrected chi connectivity index (χ3v) is 2.95. The lowest BCUT2D eigenvalue weighted by atomic mass is 10.2. The van der Waals surface area contributed by atoms with E-state index in [1.165, 1.54) is 0 Å². The molecule has 2 nitrogen and oxygen atoms in total. The van der Waals surface area contributed by atoms with Gasteiger partial charge in [-0.15, -0.1) is 0 Å². The van der Waals surface area contributed by atoms with Crippen molar-refractivity contribution in [2.75, 3.05) is 18.6 Å². The monoisotopic (exact) mass is 275 g/mol. The molecular weight excluding hydrogens is 262 g/mol. The third-order valence-electron chi connectivity index (χ3n) is 1.84. The zero-order chi connectivity index (χ0) is 10.4. The molecule has 0 amide bonds. The van der Waals surface area contributed by atoms with Crippen LogP contribution in [0, 0.1) is 0 Å². The second-order valence-corrected chi connectivity index (χ2v) is 4.84. The Hall–Kier alpha value is -0.190. The zero-order valence-electron chi connectivity index (χ0n) is 8.09. The number of halogens is 1. The minimum Gasteiger partial charge on any atom is -0.508 e. The van der Waals surface area contributed by atoms with Crippen molar-refractivity contribution in [1.29, 1.82) is 0 Å². The molecule has 14 heavy (non-hydrogen) atoms. The number of aromatic hydroxyl groups is 1. The molecule has 1 aromatic carbocycles. The van der Waals surface area contributed by atoms with Crippen LogP contribution in [-0.2, 0) is 6.54 Å². The number of rotatable bonds is 5. The number of benzene rings is 1. The molecule has 2 N–H and O–H groups in total. The summed E-state index contributed by atoms with van der Waals surface area (Å²) in [6, 6.07) is 5.47. The van der Waals surface area contributed by atoms with E-state index in [2.05, 4.69) is 27.5 Å². The Kier molecular flexibility index (Phi) is 5.37. The largest absolute Gasteiger partial charge is 0.508 e. The van der Waals surface area contributed by atoms with Gasteiger partial charge in [0.2, 0.25) is 0 Å². The first-order chi connectivity index (χ1) is 6.74. The topological polar surface area (TPSA) is 32.3 Å². The minimum absolute atomic E-state index is 0.352. The van der Waals surface area contributed by atoms with Crippen molar-refractivity contribution in [2.45, 2.75) is 6.54 Å². The van der Waals surface area contributed by atoms with Crippen molar-refractivity contribution >= 4 is 27.7 Å². The van der Waals surface area contributed by atoms with Crippen LogP contribution in [0.15, 0.2) is 22.7 Å². The summed E-state index contributed by atoms with van der Waals surface area (Å²) < 4.78 is 0.997. The van der Waals surface area contributed by atoms with Crippen LogP contribution in [-0.4, -0.2) is 23.7 Å². The number of thioether (sulfide) groups is 1. The van der Waals surface area contributed by atoms with E-state index in [1.54, 1.807) is 6.07 Å². The smallest absolute Gasteiger partial charge is 0.120 e. The van der Waals surface area contributed by atoms with Crippen molar-refractivity contribution in [3.05, 3.63) is 28.2 Å². The van der Waals surface area contributed by atoms with E-state index in [9.17, 15) is 5.11 Å². The lowest BCUT2D eigenvalue weighted by Crippen LogP contribution is -2.16. The fraction of sp³-hybridized carbons (Fsp3) is 0.400. The van der Waals surface area contributed by atoms with Crippen molar-refractivity contribution in [3.8, 4) is 5.75 Å². The third kappa shape index (κ3) is 3.90. The van der Waals surface area contributed by atoms with Gasteiger partial charge in [-0.05, 0) is 24.5 Å². The van der Waals surface area contributed by atoms with Gasteiger partial charge in [0.05, 0.1) is 0 Å². The second-order valence-electron chi connectivity index (χ2n) is 2.94. The Morgan fingerprint density at radius 3 is 3.00 bits per heavy atom. The number of hydrogen-bond donors (Lipinski definition) is 2. The highest BCUT2D eigenvalue weighted by Crippen LogP contribution is 2.21. The molecule has 0 atom stereocenters. The quantitative estimate of drug-likeness (QED) is 0.811. The highest BCUT2D eigenvalue weighted by molar-refractivity contribution is 9.10. The summed E-state index contributed by atoms with van der Waals surface area (Å²) in [5.74, 6) is 1.44. The molecule has 1 rings (SSSR count). The molecule has 0 bridgehead atoms. The molecular formula is C10H14BrNOS. The van der Waals surface area contributed by atoms with Crippen LogP contribution < -0.4 is 5.32 Å². The molecule has 4 heteroatoms. The average Bonchev–Trinajstić information content (AvgIpc) is 2.18. The van der Waals surface area contributed by atoms with Gasteiger partial charge in [-0.1, -0.05) is 15.9 Å². The molecule has 0 aliphatic heterocycles. The average molecular weight is 276 g/mol. The van der Waals surface area contributed by atoms with Gasteiger partial charge in [0.25, 0.3) is 0 Å². The Labute approximate surface area is 97.2 Å². The molecule has 0 saturated carbocycles. The summed E-state index contributed by atoms with van der Waals surface area (Å²) in [6.45, 7) is 1.68. The van der Waals surface area contributed by atoms with Gasteiger partial charge in [0.1, 0.15) is 5.75 Å². The summed E-state index contributed by atoms with van der Waals surface area (Å²) in [5, 5.41) is 12.8. The normalized spacial score (nSPS) is 10.4. The fourth-order valence-electron chi connectivity index (χ4n) is 1.09. The highest BCUT2D eigenvalue weighted by atomic mass is 79.9. The number of phenols is 1. The van der Waals surface area contributed by atoms with Crippen LogP contribution >= 0.6 is 27.7 Å². The lowest BCUT2D eigenvalue weighted by molar-refractivity contribution is 0.465. The Morgan fingerprint density at radius 2 is 2.29 bits per heavy atom. The van der Waals surface area contributed by atoms with Crippen LogP contribution in [0.25, 0.3) is 0 Å². The van der Waals surface area contributed by atoms with Gasteiger partial charge in [0, 0.05) is 28.9 Å². The SMILES string of the molecule is CSCCNCc1cc(Br)ccc1O. The van der Waals surface area contributed by atoms with E-state index in [4.69, 9.17) is 0 Å². The number of nitrogens with one attached hydrogen (secondary N) is 1. The van der Waals surface area contributed by atoms with Crippen molar-refractivity contribution < 1.29 is 5.11 Å². The summed E-state index contributed by atoms with van der Waals surface area (Å²) in [4.78, 5) is 0. The highest BCUT2D eigenvalue weighted by Gasteiger charge is 2.00. The van der Waals surface area contributed by atoms with Gasteiger partial charge < -0.3 is 10.4 Å². The first-order valence-corrected chi connectivity index (χ1v) is 6.60. The van der Waals surface area contributed by atoms with Crippen LogP contribution in [0.3, 0.4) is 0 Å². The van der Waals surface area contributed by atoms with E-state index in [1.807, 2.05) is 23.9 Å². The predicted molar refractivity (Wildman–Crippen MR) is 65.9 cm³/mol. The molecule has 0 saturated heterocycles. The van der Waals surface area contributed by atoms with E-state index in [0.29, 0.717) is 12.3 Å². The molecule has 0 aromatic heterocycles. The molecule has 0 spiro atoms. The second kappa shape index (κ2) is 6.32. The fourth-order valence-corrected chi connectivity index (χ4v) is 1.85. The molecule has 1 aromatic rings. The van der Waals surface area contributed by atoms with Gasteiger partial charge in [0.15, 0.2) is 0 Å².